The fourth-order valence-corrected chi connectivity index (χ4v) is 2.53. The maximum Gasteiger partial charge on any atom is 0.183 e. The Morgan fingerprint density at radius 1 is 1.69 bits per heavy atom. The Balaban J connectivity index is 2.44. The zero-order valence-corrected chi connectivity index (χ0v) is 9.97. The second-order valence-corrected chi connectivity index (χ2v) is 4.77. The van der Waals surface area contributed by atoms with Crippen LogP contribution in [0.2, 0.25) is 0 Å². The van der Waals surface area contributed by atoms with Crippen molar-refractivity contribution in [3.05, 3.63) is 11.1 Å². The Hall–Kier alpha value is -0.220. The van der Waals surface area contributed by atoms with Crippen LogP contribution in [0.1, 0.15) is 19.5 Å². The van der Waals surface area contributed by atoms with Crippen LogP contribution in [-0.2, 0) is 6.42 Å². The molecule has 1 aromatic rings. The monoisotopic (exact) mass is 216 g/mol. The topological polar surface area (TPSA) is 24.9 Å². The Bertz CT molecular complexity index is 248. The van der Waals surface area contributed by atoms with Gasteiger partial charge in [-0.2, -0.15) is 11.8 Å². The third-order valence-corrected chi connectivity index (χ3v) is 3.36. The van der Waals surface area contributed by atoms with Crippen molar-refractivity contribution in [2.45, 2.75) is 26.3 Å². The molecule has 13 heavy (non-hydrogen) atoms. The molecule has 1 aromatic heterocycles. The number of thioether (sulfide) groups is 1. The number of rotatable bonds is 5. The lowest BCUT2D eigenvalue weighted by Crippen LogP contribution is -2.17. The molecule has 1 atom stereocenters. The van der Waals surface area contributed by atoms with E-state index in [9.17, 15) is 0 Å². The van der Waals surface area contributed by atoms with Gasteiger partial charge in [0, 0.05) is 17.2 Å². The molecule has 0 spiro atoms. The fraction of sp³-hybridized carbons (Fsp3) is 0.667. The predicted octanol–water partition coefficient (Wildman–Crippen LogP) is 2.87. The highest BCUT2D eigenvalue weighted by molar-refractivity contribution is 7.98. The van der Waals surface area contributed by atoms with Crippen LogP contribution >= 0.6 is 23.1 Å². The van der Waals surface area contributed by atoms with Crippen LogP contribution in [0.5, 0.6) is 0 Å². The molecule has 0 aliphatic carbocycles. The van der Waals surface area contributed by atoms with E-state index in [0.29, 0.717) is 6.04 Å². The average molecular weight is 216 g/mol. The fourth-order valence-electron chi connectivity index (χ4n) is 1.04. The van der Waals surface area contributed by atoms with Crippen molar-refractivity contribution in [1.82, 2.24) is 4.98 Å². The highest BCUT2D eigenvalue weighted by Crippen LogP contribution is 2.17. The summed E-state index contributed by atoms with van der Waals surface area (Å²) in [7, 11) is 0. The first-order chi connectivity index (χ1) is 6.26. The van der Waals surface area contributed by atoms with E-state index in [1.165, 1.54) is 5.69 Å². The minimum Gasteiger partial charge on any atom is -0.358 e. The van der Waals surface area contributed by atoms with E-state index in [2.05, 4.69) is 35.8 Å². The third kappa shape index (κ3) is 3.56. The minimum absolute atomic E-state index is 0.505. The molecule has 1 heterocycles. The van der Waals surface area contributed by atoms with Gasteiger partial charge in [-0.15, -0.1) is 11.3 Å². The predicted molar refractivity (Wildman–Crippen MR) is 63.0 cm³/mol. The summed E-state index contributed by atoms with van der Waals surface area (Å²) >= 11 is 3.55. The van der Waals surface area contributed by atoms with E-state index in [-0.39, 0.29) is 0 Å². The molecular formula is C9H16N2S2. The molecule has 1 rings (SSSR count). The Morgan fingerprint density at radius 2 is 2.46 bits per heavy atom. The van der Waals surface area contributed by atoms with Gasteiger partial charge in [-0.1, -0.05) is 6.92 Å². The van der Waals surface area contributed by atoms with Crippen molar-refractivity contribution in [2.24, 2.45) is 0 Å². The molecule has 0 bridgehead atoms. The molecule has 0 radical (unpaired) electrons. The Kier molecular flexibility index (Phi) is 4.59. The highest BCUT2D eigenvalue weighted by Gasteiger charge is 2.04. The second-order valence-electron chi connectivity index (χ2n) is 3.00. The second kappa shape index (κ2) is 5.50. The van der Waals surface area contributed by atoms with Gasteiger partial charge in [-0.25, -0.2) is 4.98 Å². The maximum atomic E-state index is 4.45. The van der Waals surface area contributed by atoms with E-state index < -0.39 is 0 Å². The standard InChI is InChI=1S/C9H16N2S2/c1-4-8-6-13-9(11-8)10-7(2)5-12-3/h6-7H,4-5H2,1-3H3,(H,10,11). The van der Waals surface area contributed by atoms with E-state index in [4.69, 9.17) is 0 Å². The molecule has 0 saturated heterocycles. The lowest BCUT2D eigenvalue weighted by atomic mass is 10.4. The zero-order chi connectivity index (χ0) is 9.68. The van der Waals surface area contributed by atoms with Crippen LogP contribution in [0.4, 0.5) is 5.13 Å². The van der Waals surface area contributed by atoms with Crippen molar-refractivity contribution < 1.29 is 0 Å². The van der Waals surface area contributed by atoms with Crippen LogP contribution < -0.4 is 5.32 Å². The van der Waals surface area contributed by atoms with Crippen LogP contribution in [0.25, 0.3) is 0 Å². The number of nitrogens with zero attached hydrogens (tertiary/aromatic N) is 1. The number of hydrogen-bond acceptors (Lipinski definition) is 4. The molecule has 4 heteroatoms. The van der Waals surface area contributed by atoms with E-state index in [0.717, 1.165) is 17.3 Å². The van der Waals surface area contributed by atoms with Crippen LogP contribution in [0, 0.1) is 0 Å². The molecule has 1 N–H and O–H groups in total. The summed E-state index contributed by atoms with van der Waals surface area (Å²) in [5.74, 6) is 1.13. The number of nitrogens with one attached hydrogen (secondary N) is 1. The van der Waals surface area contributed by atoms with Crippen molar-refractivity contribution in [1.29, 1.82) is 0 Å². The first kappa shape index (κ1) is 10.9. The van der Waals surface area contributed by atoms with Gasteiger partial charge < -0.3 is 5.32 Å². The van der Waals surface area contributed by atoms with Crippen LogP contribution in [0.3, 0.4) is 0 Å². The number of aromatic nitrogens is 1. The summed E-state index contributed by atoms with van der Waals surface area (Å²) in [6, 6.07) is 0.505. The normalized spacial score (nSPS) is 12.8. The summed E-state index contributed by atoms with van der Waals surface area (Å²) in [4.78, 5) is 4.45. The van der Waals surface area contributed by atoms with E-state index >= 15 is 0 Å². The summed E-state index contributed by atoms with van der Waals surface area (Å²) in [6.07, 6.45) is 3.15. The molecular weight excluding hydrogens is 200 g/mol. The zero-order valence-electron chi connectivity index (χ0n) is 8.33. The minimum atomic E-state index is 0.505. The maximum absolute atomic E-state index is 4.45. The van der Waals surface area contributed by atoms with Gasteiger partial charge in [-0.3, -0.25) is 0 Å². The van der Waals surface area contributed by atoms with E-state index in [1.54, 1.807) is 11.3 Å². The van der Waals surface area contributed by atoms with Crippen molar-refractivity contribution in [3.63, 3.8) is 0 Å². The van der Waals surface area contributed by atoms with Gasteiger partial charge >= 0.3 is 0 Å². The summed E-state index contributed by atoms with van der Waals surface area (Å²) in [5.41, 5.74) is 1.18. The van der Waals surface area contributed by atoms with Crippen molar-refractivity contribution in [2.75, 3.05) is 17.3 Å². The molecule has 0 aromatic carbocycles. The largest absolute Gasteiger partial charge is 0.358 e. The third-order valence-electron chi connectivity index (χ3n) is 1.70. The highest BCUT2D eigenvalue weighted by atomic mass is 32.2. The summed E-state index contributed by atoms with van der Waals surface area (Å²) < 4.78 is 0. The van der Waals surface area contributed by atoms with Gasteiger partial charge in [-0.05, 0) is 19.6 Å². The molecule has 0 aliphatic heterocycles. The Morgan fingerprint density at radius 3 is 3.00 bits per heavy atom. The first-order valence-electron chi connectivity index (χ1n) is 4.46. The van der Waals surface area contributed by atoms with Crippen molar-refractivity contribution in [3.8, 4) is 0 Å². The molecule has 74 valence electrons. The van der Waals surface area contributed by atoms with Crippen LogP contribution in [0.15, 0.2) is 5.38 Å². The molecule has 0 amide bonds. The summed E-state index contributed by atoms with van der Waals surface area (Å²) in [6.45, 7) is 4.31. The van der Waals surface area contributed by atoms with Crippen LogP contribution in [-0.4, -0.2) is 23.0 Å². The molecule has 0 fully saturated rings. The lowest BCUT2D eigenvalue weighted by molar-refractivity contribution is 0.906. The molecule has 1 unspecified atom stereocenters. The lowest BCUT2D eigenvalue weighted by Gasteiger charge is -2.10. The van der Waals surface area contributed by atoms with Crippen molar-refractivity contribution >= 4 is 28.2 Å². The molecule has 0 aliphatic rings. The number of hydrogen-bond donors (Lipinski definition) is 1. The van der Waals surface area contributed by atoms with Gasteiger partial charge in [0.25, 0.3) is 0 Å². The smallest absolute Gasteiger partial charge is 0.183 e. The number of anilines is 1. The summed E-state index contributed by atoms with van der Waals surface area (Å²) in [5, 5.41) is 6.56. The average Bonchev–Trinajstić information content (AvgIpc) is 2.52. The SMILES string of the molecule is CCc1csc(NC(C)CSC)n1. The first-order valence-corrected chi connectivity index (χ1v) is 6.73. The molecule has 2 nitrogen and oxygen atoms in total. The number of thiazole rings is 1. The molecule has 0 saturated carbocycles. The quantitative estimate of drug-likeness (QED) is 0.819. The van der Waals surface area contributed by atoms with Gasteiger partial charge in [0.05, 0.1) is 5.69 Å². The van der Waals surface area contributed by atoms with Gasteiger partial charge in [0.15, 0.2) is 5.13 Å². The van der Waals surface area contributed by atoms with Gasteiger partial charge in [0.2, 0.25) is 0 Å². The van der Waals surface area contributed by atoms with E-state index in [1.807, 2.05) is 11.8 Å². The Labute approximate surface area is 88.2 Å². The number of aryl methyl sites for hydroxylation is 1. The van der Waals surface area contributed by atoms with Gasteiger partial charge in [0.1, 0.15) is 0 Å².